The molecule has 2 aromatic carbocycles. The molecular weight excluding hydrogens is 713 g/mol. The molecular formula is C38H51Cl2N3O9. The van der Waals surface area contributed by atoms with Crippen molar-refractivity contribution >= 4 is 52.9 Å². The van der Waals surface area contributed by atoms with Crippen molar-refractivity contribution in [1.82, 2.24) is 5.32 Å². The minimum absolute atomic E-state index is 0.00643. The molecule has 0 saturated carbocycles. The van der Waals surface area contributed by atoms with Crippen LogP contribution >= 0.6 is 23.2 Å². The summed E-state index contributed by atoms with van der Waals surface area (Å²) in [5.74, 6) is -3.59. The number of aryl methyl sites for hydroxylation is 1. The van der Waals surface area contributed by atoms with Crippen LogP contribution in [0.25, 0.3) is 0 Å². The van der Waals surface area contributed by atoms with Gasteiger partial charge in [0, 0.05) is 25.3 Å². The van der Waals surface area contributed by atoms with E-state index >= 15 is 0 Å². The van der Waals surface area contributed by atoms with Crippen LogP contribution in [-0.2, 0) is 44.6 Å². The minimum Gasteiger partial charge on any atom is -0.495 e. The SMILES string of the molecule is COc1ccc(CCC(=O)NCC(C)(C)C(=O)O[C@@H](CC(C)C)C(=O)O[C@@H](C/C=C/C(N)=O)[C@H](C)[C@@H](OC(=O)CN)[C@@H](Cl)c2ccccc2)cc1Cl. The normalized spacial score (nSPS) is 14.5. The maximum Gasteiger partial charge on any atom is 0.347 e. The van der Waals surface area contributed by atoms with Crippen LogP contribution in [0, 0.1) is 17.3 Å². The number of ether oxygens (including phenoxy) is 4. The molecule has 0 saturated heterocycles. The number of esters is 3. The Hall–Kier alpha value is -4.13. The van der Waals surface area contributed by atoms with E-state index in [1.807, 2.05) is 26.0 Å². The van der Waals surface area contributed by atoms with Crippen molar-refractivity contribution in [3.05, 3.63) is 76.8 Å². The van der Waals surface area contributed by atoms with Crippen molar-refractivity contribution in [2.75, 3.05) is 20.2 Å². The lowest BCUT2D eigenvalue weighted by Gasteiger charge is -2.34. The Balaban J connectivity index is 2.22. The molecule has 0 radical (unpaired) electrons. The smallest absolute Gasteiger partial charge is 0.347 e. The highest BCUT2D eigenvalue weighted by Gasteiger charge is 2.39. The minimum atomic E-state index is -1.32. The summed E-state index contributed by atoms with van der Waals surface area (Å²) in [6, 6.07) is 14.2. The Bertz CT molecular complexity index is 1530. The van der Waals surface area contributed by atoms with Gasteiger partial charge in [-0.25, -0.2) is 4.79 Å². The van der Waals surface area contributed by atoms with E-state index in [1.165, 1.54) is 13.2 Å². The quantitative estimate of drug-likeness (QED) is 0.0660. The van der Waals surface area contributed by atoms with Gasteiger partial charge in [0.2, 0.25) is 11.8 Å². The number of halogens is 2. The molecule has 52 heavy (non-hydrogen) atoms. The number of carbonyl (C=O) groups excluding carboxylic acids is 5. The zero-order valence-corrected chi connectivity index (χ0v) is 32.1. The van der Waals surface area contributed by atoms with Gasteiger partial charge in [0.15, 0.2) is 6.10 Å². The number of benzene rings is 2. The number of amides is 2. The van der Waals surface area contributed by atoms with Gasteiger partial charge in [0.1, 0.15) is 18.0 Å². The fourth-order valence-corrected chi connectivity index (χ4v) is 5.80. The van der Waals surface area contributed by atoms with Gasteiger partial charge in [0.05, 0.1) is 29.5 Å². The molecule has 286 valence electrons. The van der Waals surface area contributed by atoms with Crippen molar-refractivity contribution in [2.24, 2.45) is 28.7 Å². The average Bonchev–Trinajstić information content (AvgIpc) is 3.10. The standard InChI is InChI=1S/C38H51Cl2N3O9/c1-23(2)19-30(51-37(48)38(4,5)22-43-32(45)18-16-25-15-17-29(49-6)27(39)20-25)36(47)50-28(13-10-14-31(42)44)24(3)35(52-33(46)21-41)34(40)26-11-8-7-9-12-26/h7-12,14-15,17,20,23-24,28,30,34-35H,13,16,18-19,21-22,41H2,1-6H3,(H2,42,44)(H,43,45)/b14-10+/t24-,28-,30-,34-,35+/m0/s1. The highest BCUT2D eigenvalue weighted by atomic mass is 35.5. The number of alkyl halides is 1. The number of hydrogen-bond acceptors (Lipinski definition) is 10. The van der Waals surface area contributed by atoms with Crippen molar-refractivity contribution in [3.63, 3.8) is 0 Å². The van der Waals surface area contributed by atoms with E-state index in [-0.39, 0.29) is 37.6 Å². The van der Waals surface area contributed by atoms with Crippen molar-refractivity contribution in [1.29, 1.82) is 0 Å². The third-order valence-electron chi connectivity index (χ3n) is 8.20. The fraction of sp³-hybridized carbons (Fsp3) is 0.500. The lowest BCUT2D eigenvalue weighted by atomic mass is 9.90. The predicted molar refractivity (Wildman–Crippen MR) is 198 cm³/mol. The number of hydrogen-bond donors (Lipinski definition) is 3. The number of methoxy groups -OCH3 is 1. The molecule has 0 unspecified atom stereocenters. The van der Waals surface area contributed by atoms with Gasteiger partial charge in [-0.15, -0.1) is 11.6 Å². The maximum absolute atomic E-state index is 13.8. The lowest BCUT2D eigenvalue weighted by Crippen LogP contribution is -2.44. The van der Waals surface area contributed by atoms with Gasteiger partial charge >= 0.3 is 17.9 Å². The summed E-state index contributed by atoms with van der Waals surface area (Å²) in [6.07, 6.45) is -0.102. The largest absolute Gasteiger partial charge is 0.495 e. The van der Waals surface area contributed by atoms with Crippen molar-refractivity contribution in [3.8, 4) is 5.75 Å². The summed E-state index contributed by atoms with van der Waals surface area (Å²) in [5.41, 5.74) is 11.1. The predicted octanol–water partition coefficient (Wildman–Crippen LogP) is 5.21. The molecule has 5 N–H and O–H groups in total. The molecule has 0 fully saturated rings. The third-order valence-corrected chi connectivity index (χ3v) is 8.99. The molecule has 2 aromatic rings. The number of carbonyl (C=O) groups is 5. The molecule has 12 nitrogen and oxygen atoms in total. The molecule has 0 aromatic heterocycles. The first-order chi connectivity index (χ1) is 24.5. The summed E-state index contributed by atoms with van der Waals surface area (Å²) in [4.78, 5) is 63.8. The fourth-order valence-electron chi connectivity index (χ4n) is 5.10. The maximum atomic E-state index is 13.8. The van der Waals surface area contributed by atoms with E-state index in [9.17, 15) is 24.0 Å². The van der Waals surface area contributed by atoms with E-state index in [1.54, 1.807) is 57.2 Å². The van der Waals surface area contributed by atoms with Crippen LogP contribution in [0.1, 0.15) is 70.4 Å². The van der Waals surface area contributed by atoms with Crippen LogP contribution in [0.3, 0.4) is 0 Å². The van der Waals surface area contributed by atoms with E-state index in [2.05, 4.69) is 5.32 Å². The first-order valence-corrected chi connectivity index (χ1v) is 17.9. The average molecular weight is 765 g/mol. The molecule has 0 aliphatic carbocycles. The van der Waals surface area contributed by atoms with Crippen LogP contribution < -0.4 is 21.5 Å². The molecule has 2 amide bonds. The molecule has 0 aliphatic rings. The second-order valence-corrected chi connectivity index (χ2v) is 14.4. The zero-order valence-electron chi connectivity index (χ0n) is 30.6. The molecule has 14 heteroatoms. The van der Waals surface area contributed by atoms with Crippen LogP contribution in [-0.4, -0.2) is 68.2 Å². The molecule has 2 rings (SSSR count). The number of rotatable bonds is 21. The summed E-state index contributed by atoms with van der Waals surface area (Å²) in [6.45, 7) is 8.11. The molecule has 5 atom stereocenters. The first-order valence-electron chi connectivity index (χ1n) is 17.0. The Morgan fingerprint density at radius 2 is 1.65 bits per heavy atom. The Morgan fingerprint density at radius 1 is 0.981 bits per heavy atom. The van der Waals surface area contributed by atoms with Crippen LogP contribution in [0.2, 0.25) is 5.02 Å². The number of nitrogens with two attached hydrogens (primary N) is 2. The van der Waals surface area contributed by atoms with Gasteiger partial charge in [-0.05, 0) is 61.9 Å². The van der Waals surface area contributed by atoms with Gasteiger partial charge in [0.25, 0.3) is 0 Å². The summed E-state index contributed by atoms with van der Waals surface area (Å²) < 4.78 is 22.5. The molecule has 0 heterocycles. The summed E-state index contributed by atoms with van der Waals surface area (Å²) in [7, 11) is 1.52. The Labute approximate surface area is 315 Å². The zero-order chi connectivity index (χ0) is 39.0. The Kier molecular flexibility index (Phi) is 18.1. The highest BCUT2D eigenvalue weighted by molar-refractivity contribution is 6.32. The highest BCUT2D eigenvalue weighted by Crippen LogP contribution is 2.34. The number of nitrogens with one attached hydrogen (secondary N) is 1. The van der Waals surface area contributed by atoms with Gasteiger partial charge in [-0.1, -0.05) is 74.8 Å². The monoisotopic (exact) mass is 763 g/mol. The number of primary amides is 1. The van der Waals surface area contributed by atoms with E-state index in [0.29, 0.717) is 22.8 Å². The van der Waals surface area contributed by atoms with Gasteiger partial charge in [-0.3, -0.25) is 19.2 Å². The first kappa shape index (κ1) is 44.0. The van der Waals surface area contributed by atoms with Crippen LogP contribution in [0.4, 0.5) is 0 Å². The second kappa shape index (κ2) is 21.4. The molecule has 0 aliphatic heterocycles. The second-order valence-electron chi connectivity index (χ2n) is 13.5. The van der Waals surface area contributed by atoms with Crippen LogP contribution in [0.15, 0.2) is 60.7 Å². The van der Waals surface area contributed by atoms with E-state index < -0.39 is 65.4 Å². The summed E-state index contributed by atoms with van der Waals surface area (Å²) in [5, 5.41) is 2.35. The van der Waals surface area contributed by atoms with E-state index in [0.717, 1.165) is 11.6 Å². The summed E-state index contributed by atoms with van der Waals surface area (Å²) >= 11 is 13.0. The molecule has 0 spiro atoms. The van der Waals surface area contributed by atoms with Crippen LogP contribution in [0.5, 0.6) is 5.75 Å². The van der Waals surface area contributed by atoms with E-state index in [4.69, 9.17) is 53.6 Å². The van der Waals surface area contributed by atoms with Gasteiger partial charge < -0.3 is 35.7 Å². The van der Waals surface area contributed by atoms with Crippen molar-refractivity contribution < 1.29 is 42.9 Å². The molecule has 0 bridgehead atoms. The Morgan fingerprint density at radius 3 is 2.23 bits per heavy atom. The third kappa shape index (κ3) is 14.5. The topological polar surface area (TPSA) is 186 Å². The van der Waals surface area contributed by atoms with Gasteiger partial charge in [-0.2, -0.15) is 0 Å². The van der Waals surface area contributed by atoms with Crippen molar-refractivity contribution in [2.45, 2.75) is 84.0 Å². The lowest BCUT2D eigenvalue weighted by molar-refractivity contribution is -0.181.